The summed E-state index contributed by atoms with van der Waals surface area (Å²) in [6.07, 6.45) is 0. The van der Waals surface area contributed by atoms with Crippen molar-refractivity contribution in [2.45, 2.75) is 6.54 Å². The molecule has 5 nitrogen and oxygen atoms in total. The Balaban J connectivity index is 1.59. The maximum atomic E-state index is 13.8. The van der Waals surface area contributed by atoms with Gasteiger partial charge < -0.3 is 15.5 Å². The maximum Gasteiger partial charge on any atom is 0.191 e. The Morgan fingerprint density at radius 1 is 1.15 bits per heavy atom. The first-order chi connectivity index (χ1) is 12.6. The molecule has 2 aromatic rings. The molecule has 1 heterocycles. The Hall–Kier alpha value is -2.78. The standard InChI is InChI=1S/C19H19ClFN5/c20-16-2-4-17(5-3-16)25-7-9-26(10-8-25)19(23)24-13-15-11-14(12-22)1-6-18(15)21/h1-6,11H,7-10,13H2,(H2,23,24). The second-order valence-corrected chi connectivity index (χ2v) is 6.48. The van der Waals surface area contributed by atoms with Gasteiger partial charge in [0.05, 0.1) is 18.2 Å². The molecule has 0 aromatic heterocycles. The van der Waals surface area contributed by atoms with E-state index in [0.29, 0.717) is 17.1 Å². The Bertz CT molecular complexity index is 836. The fraction of sp³-hybridized carbons (Fsp3) is 0.263. The monoisotopic (exact) mass is 371 g/mol. The van der Waals surface area contributed by atoms with E-state index in [1.165, 1.54) is 18.2 Å². The molecule has 0 radical (unpaired) electrons. The molecule has 134 valence electrons. The summed E-state index contributed by atoms with van der Waals surface area (Å²) < 4.78 is 13.8. The lowest BCUT2D eigenvalue weighted by atomic mass is 10.1. The third-order valence-corrected chi connectivity index (χ3v) is 4.63. The van der Waals surface area contributed by atoms with Crippen molar-refractivity contribution in [1.82, 2.24) is 4.90 Å². The molecule has 2 N–H and O–H groups in total. The average molecular weight is 372 g/mol. The van der Waals surface area contributed by atoms with E-state index < -0.39 is 0 Å². The van der Waals surface area contributed by atoms with Crippen LogP contribution in [0.15, 0.2) is 47.5 Å². The molecule has 0 atom stereocenters. The Labute approximate surface area is 157 Å². The molecule has 2 aromatic carbocycles. The van der Waals surface area contributed by atoms with E-state index in [1.807, 2.05) is 35.2 Å². The van der Waals surface area contributed by atoms with Gasteiger partial charge in [0.1, 0.15) is 5.82 Å². The first-order valence-electron chi connectivity index (χ1n) is 8.31. The highest BCUT2D eigenvalue weighted by Gasteiger charge is 2.18. The van der Waals surface area contributed by atoms with Gasteiger partial charge in [-0.05, 0) is 42.5 Å². The van der Waals surface area contributed by atoms with E-state index in [9.17, 15) is 4.39 Å². The summed E-state index contributed by atoms with van der Waals surface area (Å²) in [6, 6.07) is 14.0. The fourth-order valence-corrected chi connectivity index (χ4v) is 3.00. The predicted octanol–water partition coefficient (Wildman–Crippen LogP) is 2.99. The smallest absolute Gasteiger partial charge is 0.191 e. The summed E-state index contributed by atoms with van der Waals surface area (Å²) >= 11 is 5.93. The second-order valence-electron chi connectivity index (χ2n) is 6.04. The normalized spacial score (nSPS) is 15.0. The van der Waals surface area contributed by atoms with Crippen LogP contribution in [-0.2, 0) is 6.54 Å². The molecule has 0 saturated carbocycles. The number of hydrogen-bond acceptors (Lipinski definition) is 3. The zero-order valence-electron chi connectivity index (χ0n) is 14.2. The lowest BCUT2D eigenvalue weighted by Crippen LogP contribution is -2.51. The van der Waals surface area contributed by atoms with E-state index in [-0.39, 0.29) is 12.4 Å². The van der Waals surface area contributed by atoms with Crippen molar-refractivity contribution < 1.29 is 4.39 Å². The van der Waals surface area contributed by atoms with E-state index in [0.717, 1.165) is 36.9 Å². The van der Waals surface area contributed by atoms with Crippen molar-refractivity contribution >= 4 is 23.2 Å². The summed E-state index contributed by atoms with van der Waals surface area (Å²) in [5.74, 6) is 0.00984. The van der Waals surface area contributed by atoms with Gasteiger partial charge in [0.2, 0.25) is 0 Å². The maximum absolute atomic E-state index is 13.8. The van der Waals surface area contributed by atoms with Gasteiger partial charge in [-0.1, -0.05) is 11.6 Å². The molecule has 0 amide bonds. The average Bonchev–Trinajstić information content (AvgIpc) is 2.68. The summed E-state index contributed by atoms with van der Waals surface area (Å²) in [5.41, 5.74) is 7.97. The Morgan fingerprint density at radius 3 is 2.50 bits per heavy atom. The second kappa shape index (κ2) is 8.07. The van der Waals surface area contributed by atoms with Crippen molar-refractivity contribution in [3.63, 3.8) is 0 Å². The fourth-order valence-electron chi connectivity index (χ4n) is 2.88. The van der Waals surface area contributed by atoms with Gasteiger partial charge in [0.25, 0.3) is 0 Å². The molecule has 1 aliphatic heterocycles. The van der Waals surface area contributed by atoms with Gasteiger partial charge in [0.15, 0.2) is 5.96 Å². The molecule has 0 aliphatic carbocycles. The Morgan fingerprint density at radius 2 is 1.85 bits per heavy atom. The van der Waals surface area contributed by atoms with Crippen LogP contribution >= 0.6 is 11.6 Å². The molecular formula is C19H19ClFN5. The van der Waals surface area contributed by atoms with Crippen molar-refractivity contribution in [1.29, 1.82) is 5.26 Å². The number of piperazine rings is 1. The van der Waals surface area contributed by atoms with Gasteiger partial charge in [0, 0.05) is 42.5 Å². The molecule has 3 rings (SSSR count). The van der Waals surface area contributed by atoms with Crippen molar-refractivity contribution in [2.24, 2.45) is 10.7 Å². The Kier molecular flexibility index (Phi) is 5.59. The highest BCUT2D eigenvalue weighted by molar-refractivity contribution is 6.30. The third kappa shape index (κ3) is 4.24. The minimum absolute atomic E-state index is 0.116. The first-order valence-corrected chi connectivity index (χ1v) is 8.68. The third-order valence-electron chi connectivity index (χ3n) is 4.38. The van der Waals surface area contributed by atoms with Crippen LogP contribution in [0.2, 0.25) is 5.02 Å². The number of nitrogens with zero attached hydrogens (tertiary/aromatic N) is 4. The molecule has 7 heteroatoms. The molecule has 1 aliphatic rings. The molecular weight excluding hydrogens is 353 g/mol. The van der Waals surface area contributed by atoms with Crippen LogP contribution in [0.1, 0.15) is 11.1 Å². The molecule has 0 spiro atoms. The number of rotatable bonds is 3. The molecule has 0 bridgehead atoms. The number of aliphatic imine (C=N–C) groups is 1. The van der Waals surface area contributed by atoms with Crippen LogP contribution in [0.25, 0.3) is 0 Å². The number of nitriles is 1. The summed E-state index contributed by atoms with van der Waals surface area (Å²) in [7, 11) is 0. The largest absolute Gasteiger partial charge is 0.370 e. The van der Waals surface area contributed by atoms with Gasteiger partial charge in [-0.25, -0.2) is 9.38 Å². The van der Waals surface area contributed by atoms with E-state index in [1.54, 1.807) is 0 Å². The zero-order valence-corrected chi connectivity index (χ0v) is 15.0. The van der Waals surface area contributed by atoms with Crippen LogP contribution in [0.5, 0.6) is 0 Å². The molecule has 0 unspecified atom stereocenters. The summed E-state index contributed by atoms with van der Waals surface area (Å²) in [4.78, 5) is 8.54. The minimum atomic E-state index is -0.381. The molecule has 1 fully saturated rings. The molecule has 1 saturated heterocycles. The van der Waals surface area contributed by atoms with E-state index in [4.69, 9.17) is 22.6 Å². The van der Waals surface area contributed by atoms with Crippen LogP contribution in [0, 0.1) is 17.1 Å². The number of benzene rings is 2. The van der Waals surface area contributed by atoms with Crippen LogP contribution in [0.3, 0.4) is 0 Å². The van der Waals surface area contributed by atoms with Crippen molar-refractivity contribution in [3.05, 3.63) is 64.4 Å². The van der Waals surface area contributed by atoms with E-state index in [2.05, 4.69) is 9.89 Å². The number of halogens is 2. The van der Waals surface area contributed by atoms with Crippen LogP contribution in [-0.4, -0.2) is 37.0 Å². The highest BCUT2D eigenvalue weighted by Crippen LogP contribution is 2.19. The zero-order chi connectivity index (χ0) is 18.5. The van der Waals surface area contributed by atoms with Gasteiger partial charge in [-0.3, -0.25) is 0 Å². The minimum Gasteiger partial charge on any atom is -0.370 e. The van der Waals surface area contributed by atoms with E-state index >= 15 is 0 Å². The van der Waals surface area contributed by atoms with Crippen molar-refractivity contribution in [3.8, 4) is 6.07 Å². The van der Waals surface area contributed by atoms with Gasteiger partial charge in [-0.2, -0.15) is 5.26 Å². The van der Waals surface area contributed by atoms with Gasteiger partial charge >= 0.3 is 0 Å². The molecule has 26 heavy (non-hydrogen) atoms. The SMILES string of the molecule is N#Cc1ccc(F)c(CN=C(N)N2CCN(c3ccc(Cl)cc3)CC2)c1. The first kappa shape index (κ1) is 18.0. The lowest BCUT2D eigenvalue weighted by molar-refractivity contribution is 0.380. The number of hydrogen-bond donors (Lipinski definition) is 1. The number of guanidine groups is 1. The quantitative estimate of drug-likeness (QED) is 0.665. The lowest BCUT2D eigenvalue weighted by Gasteiger charge is -2.36. The summed E-state index contributed by atoms with van der Waals surface area (Å²) in [6.45, 7) is 3.22. The predicted molar refractivity (Wildman–Crippen MR) is 102 cm³/mol. The topological polar surface area (TPSA) is 68.6 Å². The highest BCUT2D eigenvalue weighted by atomic mass is 35.5. The summed E-state index contributed by atoms with van der Waals surface area (Å²) in [5, 5.41) is 9.63. The van der Waals surface area contributed by atoms with Crippen molar-refractivity contribution in [2.75, 3.05) is 31.1 Å². The van der Waals surface area contributed by atoms with Gasteiger partial charge in [-0.15, -0.1) is 0 Å². The number of anilines is 1. The van der Waals surface area contributed by atoms with Crippen LogP contribution < -0.4 is 10.6 Å². The van der Waals surface area contributed by atoms with Crippen LogP contribution in [0.4, 0.5) is 10.1 Å². The number of nitrogens with two attached hydrogens (primary N) is 1.